The van der Waals surface area contributed by atoms with E-state index in [9.17, 15) is 9.59 Å². The van der Waals surface area contributed by atoms with Crippen LogP contribution in [0.25, 0.3) is 0 Å². The normalized spacial score (nSPS) is 10.3. The Kier molecular flexibility index (Phi) is 7.91. The van der Waals surface area contributed by atoms with Crippen LogP contribution in [0.4, 0.5) is 0 Å². The standard InChI is InChI=1S/C14H21NO4S/c1-3-19-14(17)7-6-13(16)15(8-9-18-2)11-12-5-4-10-20-12/h4-5,10H,3,6-9,11H2,1-2H3. The first kappa shape index (κ1) is 16.7. The molecule has 0 aromatic carbocycles. The monoisotopic (exact) mass is 299 g/mol. The largest absolute Gasteiger partial charge is 0.466 e. The number of nitrogens with zero attached hydrogens (tertiary/aromatic N) is 1. The summed E-state index contributed by atoms with van der Waals surface area (Å²) in [6.45, 7) is 3.66. The SMILES string of the molecule is CCOC(=O)CCC(=O)N(CCOC)Cc1cccs1. The van der Waals surface area contributed by atoms with E-state index in [0.29, 0.717) is 26.3 Å². The molecule has 1 aromatic heterocycles. The molecule has 6 heteroatoms. The number of hydrogen-bond donors (Lipinski definition) is 0. The maximum Gasteiger partial charge on any atom is 0.306 e. The van der Waals surface area contributed by atoms with Crippen LogP contribution in [0.5, 0.6) is 0 Å². The van der Waals surface area contributed by atoms with Gasteiger partial charge >= 0.3 is 5.97 Å². The number of hydrogen-bond acceptors (Lipinski definition) is 5. The van der Waals surface area contributed by atoms with Crippen LogP contribution in [-0.4, -0.2) is 43.6 Å². The van der Waals surface area contributed by atoms with Gasteiger partial charge in [0, 0.05) is 25.0 Å². The fourth-order valence-electron chi connectivity index (χ4n) is 1.68. The van der Waals surface area contributed by atoms with Gasteiger partial charge in [-0.05, 0) is 18.4 Å². The highest BCUT2D eigenvalue weighted by atomic mass is 32.1. The summed E-state index contributed by atoms with van der Waals surface area (Å²) < 4.78 is 9.85. The van der Waals surface area contributed by atoms with Gasteiger partial charge in [-0.25, -0.2) is 0 Å². The molecule has 1 amide bonds. The zero-order valence-corrected chi connectivity index (χ0v) is 12.8. The van der Waals surface area contributed by atoms with Crippen LogP contribution in [0.3, 0.4) is 0 Å². The predicted molar refractivity (Wildman–Crippen MR) is 77.5 cm³/mol. The van der Waals surface area contributed by atoms with E-state index in [1.54, 1.807) is 30.3 Å². The molecule has 0 aliphatic carbocycles. The van der Waals surface area contributed by atoms with Gasteiger partial charge in [-0.1, -0.05) is 6.07 Å². The molecule has 0 fully saturated rings. The fraction of sp³-hybridized carbons (Fsp3) is 0.571. The second-order valence-corrected chi connectivity index (χ2v) is 5.22. The first-order valence-corrected chi connectivity index (χ1v) is 7.50. The summed E-state index contributed by atoms with van der Waals surface area (Å²) >= 11 is 1.61. The van der Waals surface area contributed by atoms with Crippen molar-refractivity contribution < 1.29 is 19.1 Å². The Morgan fingerprint density at radius 3 is 2.75 bits per heavy atom. The summed E-state index contributed by atoms with van der Waals surface area (Å²) in [5, 5.41) is 1.98. The smallest absolute Gasteiger partial charge is 0.306 e. The second kappa shape index (κ2) is 9.50. The van der Waals surface area contributed by atoms with E-state index in [-0.39, 0.29) is 24.7 Å². The molecule has 0 saturated carbocycles. The van der Waals surface area contributed by atoms with Crippen LogP contribution in [0.1, 0.15) is 24.6 Å². The summed E-state index contributed by atoms with van der Waals surface area (Å²) in [5.74, 6) is -0.382. The molecule has 0 aliphatic rings. The average Bonchev–Trinajstić information content (AvgIpc) is 2.94. The van der Waals surface area contributed by atoms with Crippen molar-refractivity contribution in [2.24, 2.45) is 0 Å². The molecule has 0 saturated heterocycles. The Hall–Kier alpha value is -1.40. The summed E-state index contributed by atoms with van der Waals surface area (Å²) in [6.07, 6.45) is 0.300. The van der Waals surface area contributed by atoms with Crippen molar-refractivity contribution in [3.63, 3.8) is 0 Å². The van der Waals surface area contributed by atoms with Crippen molar-refractivity contribution in [1.29, 1.82) is 0 Å². The zero-order valence-electron chi connectivity index (χ0n) is 12.0. The molecule has 0 radical (unpaired) electrons. The van der Waals surface area contributed by atoms with Gasteiger partial charge in [0.1, 0.15) is 0 Å². The minimum atomic E-state index is -0.330. The number of ether oxygens (including phenoxy) is 2. The topological polar surface area (TPSA) is 55.8 Å². The van der Waals surface area contributed by atoms with E-state index < -0.39 is 0 Å². The highest BCUT2D eigenvalue weighted by Crippen LogP contribution is 2.13. The van der Waals surface area contributed by atoms with E-state index in [2.05, 4.69) is 0 Å². The molecular formula is C14H21NO4S. The van der Waals surface area contributed by atoms with Gasteiger partial charge < -0.3 is 14.4 Å². The lowest BCUT2D eigenvalue weighted by Gasteiger charge is -2.21. The molecule has 0 bridgehead atoms. The number of rotatable bonds is 9. The van der Waals surface area contributed by atoms with Crippen LogP contribution >= 0.6 is 11.3 Å². The van der Waals surface area contributed by atoms with Gasteiger partial charge in [0.15, 0.2) is 0 Å². The fourth-order valence-corrected chi connectivity index (χ4v) is 2.40. The van der Waals surface area contributed by atoms with Gasteiger partial charge in [-0.2, -0.15) is 0 Å². The molecule has 1 rings (SSSR count). The highest BCUT2D eigenvalue weighted by molar-refractivity contribution is 7.09. The average molecular weight is 299 g/mol. The van der Waals surface area contributed by atoms with Crippen LogP contribution < -0.4 is 0 Å². The van der Waals surface area contributed by atoms with Crippen molar-refractivity contribution in [3.05, 3.63) is 22.4 Å². The Morgan fingerprint density at radius 1 is 1.35 bits per heavy atom. The third-order valence-electron chi connectivity index (χ3n) is 2.69. The minimum absolute atomic E-state index is 0.0523. The molecule has 0 aliphatic heterocycles. The first-order chi connectivity index (χ1) is 9.67. The van der Waals surface area contributed by atoms with Crippen molar-refractivity contribution in [2.75, 3.05) is 26.9 Å². The molecule has 1 aromatic rings. The second-order valence-electron chi connectivity index (χ2n) is 4.19. The predicted octanol–water partition coefficient (Wildman–Crippen LogP) is 2.07. The summed E-state index contributed by atoms with van der Waals surface area (Å²) in [6, 6.07) is 3.95. The van der Waals surface area contributed by atoms with Gasteiger partial charge in [-0.15, -0.1) is 11.3 Å². The number of carbonyl (C=O) groups excluding carboxylic acids is 2. The Balaban J connectivity index is 2.48. The van der Waals surface area contributed by atoms with E-state index in [0.717, 1.165) is 4.88 Å². The summed E-state index contributed by atoms with van der Waals surface area (Å²) in [5.41, 5.74) is 0. The Morgan fingerprint density at radius 2 is 2.15 bits per heavy atom. The van der Waals surface area contributed by atoms with Crippen LogP contribution in [0.2, 0.25) is 0 Å². The van der Waals surface area contributed by atoms with Crippen LogP contribution in [0, 0.1) is 0 Å². The molecule has 1 heterocycles. The molecule has 20 heavy (non-hydrogen) atoms. The lowest BCUT2D eigenvalue weighted by molar-refractivity contribution is -0.145. The highest BCUT2D eigenvalue weighted by Gasteiger charge is 2.16. The third-order valence-corrected chi connectivity index (χ3v) is 3.55. The zero-order chi connectivity index (χ0) is 14.8. The molecular weight excluding hydrogens is 278 g/mol. The third kappa shape index (κ3) is 6.16. The number of methoxy groups -OCH3 is 1. The van der Waals surface area contributed by atoms with E-state index in [4.69, 9.17) is 9.47 Å². The van der Waals surface area contributed by atoms with Crippen molar-refractivity contribution in [3.8, 4) is 0 Å². The lowest BCUT2D eigenvalue weighted by atomic mass is 10.2. The molecule has 0 atom stereocenters. The van der Waals surface area contributed by atoms with Crippen LogP contribution in [-0.2, 0) is 25.6 Å². The number of thiophene rings is 1. The summed E-state index contributed by atoms with van der Waals surface area (Å²) in [4.78, 5) is 26.3. The number of amides is 1. The maximum atomic E-state index is 12.2. The number of esters is 1. The quantitative estimate of drug-likeness (QED) is 0.655. The van der Waals surface area contributed by atoms with E-state index in [1.165, 1.54) is 0 Å². The van der Waals surface area contributed by atoms with Crippen molar-refractivity contribution in [1.82, 2.24) is 4.90 Å². The Bertz CT molecular complexity index is 405. The Labute approximate surface area is 123 Å². The van der Waals surface area contributed by atoms with E-state index in [1.807, 2.05) is 17.5 Å². The lowest BCUT2D eigenvalue weighted by Crippen LogP contribution is -2.33. The van der Waals surface area contributed by atoms with Crippen LogP contribution in [0.15, 0.2) is 17.5 Å². The summed E-state index contributed by atoms with van der Waals surface area (Å²) in [7, 11) is 1.60. The van der Waals surface area contributed by atoms with Gasteiger partial charge in [0.2, 0.25) is 5.91 Å². The van der Waals surface area contributed by atoms with E-state index >= 15 is 0 Å². The molecule has 0 spiro atoms. The van der Waals surface area contributed by atoms with Crippen molar-refractivity contribution >= 4 is 23.2 Å². The van der Waals surface area contributed by atoms with Gasteiger partial charge in [0.25, 0.3) is 0 Å². The minimum Gasteiger partial charge on any atom is -0.466 e. The van der Waals surface area contributed by atoms with Gasteiger partial charge in [-0.3, -0.25) is 9.59 Å². The maximum absolute atomic E-state index is 12.2. The van der Waals surface area contributed by atoms with Gasteiger partial charge in [0.05, 0.1) is 26.2 Å². The molecule has 112 valence electrons. The van der Waals surface area contributed by atoms with Crippen molar-refractivity contribution in [2.45, 2.75) is 26.3 Å². The number of carbonyl (C=O) groups is 2. The molecule has 0 N–H and O–H groups in total. The molecule has 0 unspecified atom stereocenters. The first-order valence-electron chi connectivity index (χ1n) is 6.62. The molecule has 5 nitrogen and oxygen atoms in total.